The number of anilines is 3. The van der Waals surface area contributed by atoms with E-state index >= 15 is 0 Å². The molecule has 2 heterocycles. The molecule has 0 saturated carbocycles. The van der Waals surface area contributed by atoms with Gasteiger partial charge in [0.2, 0.25) is 0 Å². The Morgan fingerprint density at radius 1 is 0.388 bits per heavy atom. The quantitative estimate of drug-likeness (QED) is 0.160. The zero-order valence-electron chi connectivity index (χ0n) is 38.2. The highest BCUT2D eigenvalue weighted by atomic mass is 28.3. The first-order valence-electron chi connectivity index (χ1n) is 23.8. The Morgan fingerprint density at radius 3 is 1.82 bits per heavy atom. The molecule has 1 spiro atoms. The lowest BCUT2D eigenvalue weighted by molar-refractivity contribution is 0.660. The Labute approximate surface area is 393 Å². The summed E-state index contributed by atoms with van der Waals surface area (Å²) in [5.41, 5.74) is 20.1. The van der Waals surface area contributed by atoms with Crippen LogP contribution in [0, 0.1) is 0 Å². The van der Waals surface area contributed by atoms with Gasteiger partial charge in [0.05, 0.1) is 16.4 Å². The van der Waals surface area contributed by atoms with E-state index in [2.05, 4.69) is 255 Å². The van der Waals surface area contributed by atoms with Crippen LogP contribution in [-0.4, -0.2) is 12.6 Å². The fourth-order valence-corrected chi connectivity index (χ4v) is 16.2. The van der Waals surface area contributed by atoms with E-state index in [1.165, 1.54) is 110 Å². The number of fused-ring (bicyclic) bond motifs is 14. The van der Waals surface area contributed by atoms with Gasteiger partial charge in [-0.1, -0.05) is 191 Å². The second-order valence-electron chi connectivity index (χ2n) is 20.0. The van der Waals surface area contributed by atoms with Crippen LogP contribution in [0.25, 0.3) is 60.5 Å². The molecule has 10 aromatic carbocycles. The molecule has 11 aromatic rings. The van der Waals surface area contributed by atoms with Crippen LogP contribution in [0.15, 0.2) is 218 Å². The van der Waals surface area contributed by atoms with Gasteiger partial charge in [0.25, 0.3) is 0 Å². The molecule has 0 bridgehead atoms. The van der Waals surface area contributed by atoms with Crippen LogP contribution in [0.5, 0.6) is 0 Å². The maximum atomic E-state index is 2.58. The number of hydrogen-bond acceptors (Lipinski definition) is 1. The van der Waals surface area contributed by atoms with Gasteiger partial charge in [0, 0.05) is 38.9 Å². The van der Waals surface area contributed by atoms with E-state index in [1.807, 2.05) is 0 Å². The zero-order valence-corrected chi connectivity index (χ0v) is 39.2. The summed E-state index contributed by atoms with van der Waals surface area (Å²) in [6, 6.07) is 83.1. The number of nitrogens with zero attached hydrogens (tertiary/aromatic N) is 2. The first-order valence-corrected chi connectivity index (χ1v) is 26.8. The van der Waals surface area contributed by atoms with Crippen molar-refractivity contribution in [2.45, 2.75) is 37.8 Å². The number of rotatable bonds is 4. The van der Waals surface area contributed by atoms with E-state index in [0.29, 0.717) is 0 Å². The van der Waals surface area contributed by atoms with Crippen LogP contribution in [0.2, 0.25) is 13.1 Å². The van der Waals surface area contributed by atoms with E-state index in [1.54, 1.807) is 0 Å². The largest absolute Gasteiger partial charge is 0.310 e. The summed E-state index contributed by atoms with van der Waals surface area (Å²) in [6.07, 6.45) is 0. The third-order valence-corrected chi connectivity index (χ3v) is 19.6. The van der Waals surface area contributed by atoms with Gasteiger partial charge in [0.15, 0.2) is 0 Å². The smallest absolute Gasteiger partial charge is 0.113 e. The van der Waals surface area contributed by atoms with Crippen molar-refractivity contribution < 1.29 is 0 Å². The molecule has 14 rings (SSSR count). The topological polar surface area (TPSA) is 8.17 Å². The summed E-state index contributed by atoms with van der Waals surface area (Å²) in [7, 11) is -2.31. The normalized spacial score (nSPS) is 16.7. The van der Waals surface area contributed by atoms with Gasteiger partial charge < -0.3 is 9.47 Å². The first kappa shape index (κ1) is 38.5. The molecule has 0 saturated heterocycles. The van der Waals surface area contributed by atoms with Gasteiger partial charge >= 0.3 is 0 Å². The summed E-state index contributed by atoms with van der Waals surface area (Å²) in [6.45, 7) is 9.88. The van der Waals surface area contributed by atoms with E-state index in [0.717, 1.165) is 11.4 Å². The first-order chi connectivity index (χ1) is 32.8. The minimum absolute atomic E-state index is 0.103. The molecule has 0 N–H and O–H groups in total. The Kier molecular flexibility index (Phi) is 7.86. The van der Waals surface area contributed by atoms with Crippen molar-refractivity contribution in [1.29, 1.82) is 0 Å². The molecule has 1 atom stereocenters. The van der Waals surface area contributed by atoms with Crippen LogP contribution in [0.1, 0.15) is 47.2 Å². The summed E-state index contributed by atoms with van der Waals surface area (Å²) < 4.78 is 2.50. The molecule has 2 nitrogen and oxygen atoms in total. The lowest BCUT2D eigenvalue weighted by Gasteiger charge is -2.50. The molecule has 318 valence electrons. The predicted octanol–water partition coefficient (Wildman–Crippen LogP) is 15.2. The van der Waals surface area contributed by atoms with Crippen molar-refractivity contribution >= 4 is 68.1 Å². The molecule has 3 aliphatic rings. The molecule has 0 radical (unpaired) electrons. The van der Waals surface area contributed by atoms with E-state index in [4.69, 9.17) is 0 Å². The Hall–Kier alpha value is -7.72. The summed E-state index contributed by atoms with van der Waals surface area (Å²) >= 11 is 0. The molecule has 2 aliphatic carbocycles. The molecule has 1 unspecified atom stereocenters. The van der Waals surface area contributed by atoms with Gasteiger partial charge in [-0.05, 0) is 131 Å². The maximum absolute atomic E-state index is 2.58. The lowest BCUT2D eigenvalue weighted by Crippen LogP contribution is -2.63. The predicted molar refractivity (Wildman–Crippen MR) is 285 cm³/mol. The Morgan fingerprint density at radius 2 is 0.985 bits per heavy atom. The number of benzene rings is 10. The van der Waals surface area contributed by atoms with Crippen LogP contribution < -0.4 is 15.3 Å². The zero-order chi connectivity index (χ0) is 44.8. The molecular formula is C64H48N2Si. The highest BCUT2D eigenvalue weighted by molar-refractivity contribution is 7.01. The van der Waals surface area contributed by atoms with Crippen LogP contribution in [0.4, 0.5) is 17.1 Å². The van der Waals surface area contributed by atoms with Crippen molar-refractivity contribution in [3.05, 3.63) is 252 Å². The monoisotopic (exact) mass is 872 g/mol. The van der Waals surface area contributed by atoms with Crippen molar-refractivity contribution in [3.63, 3.8) is 0 Å². The molecule has 0 fully saturated rings. The molecular weight excluding hydrogens is 825 g/mol. The van der Waals surface area contributed by atoms with Crippen molar-refractivity contribution in [2.24, 2.45) is 0 Å². The molecule has 0 amide bonds. The summed E-state index contributed by atoms with van der Waals surface area (Å²) in [5.74, 6) is 0. The number of aromatic nitrogens is 1. The van der Waals surface area contributed by atoms with Crippen molar-refractivity contribution in [2.75, 3.05) is 4.90 Å². The van der Waals surface area contributed by atoms with Gasteiger partial charge in [-0.2, -0.15) is 0 Å². The third-order valence-electron chi connectivity index (χ3n) is 16.0. The second kappa shape index (κ2) is 13.7. The van der Waals surface area contributed by atoms with Crippen LogP contribution >= 0.6 is 0 Å². The summed E-state index contributed by atoms with van der Waals surface area (Å²) in [4.78, 5) is 2.49. The van der Waals surface area contributed by atoms with Crippen molar-refractivity contribution in [3.8, 4) is 27.9 Å². The molecule has 67 heavy (non-hydrogen) atoms. The molecule has 1 aliphatic heterocycles. The Bertz CT molecular complexity index is 3890. The third kappa shape index (κ3) is 5.04. The average molecular weight is 873 g/mol. The van der Waals surface area contributed by atoms with Gasteiger partial charge in [-0.25, -0.2) is 0 Å². The summed E-state index contributed by atoms with van der Waals surface area (Å²) in [5, 5.41) is 8.14. The average Bonchev–Trinajstić information content (AvgIpc) is 3.82. The second-order valence-corrected chi connectivity index (χ2v) is 24.4. The SMILES string of the molecule is CC1(C)c2ccccc2-c2ccc(-n3c4ccccc4c4ccc(N(c5ccccc5)c5ccc6c(c5)[Si](C)(C)c5ccccc5C65c6ccccc6-c6cccc7cccc5c67)cc43)cc21. The molecule has 1 aromatic heterocycles. The minimum atomic E-state index is -2.31. The lowest BCUT2D eigenvalue weighted by atomic mass is 9.59. The van der Waals surface area contributed by atoms with Gasteiger partial charge in [-0.15, -0.1) is 0 Å². The fraction of sp³-hybridized carbons (Fsp3) is 0.0938. The highest BCUT2D eigenvalue weighted by Gasteiger charge is 2.52. The van der Waals surface area contributed by atoms with E-state index in [-0.39, 0.29) is 5.41 Å². The highest BCUT2D eigenvalue weighted by Crippen LogP contribution is 2.57. The van der Waals surface area contributed by atoms with Gasteiger partial charge in [0.1, 0.15) is 8.07 Å². The van der Waals surface area contributed by atoms with Crippen LogP contribution in [0.3, 0.4) is 0 Å². The van der Waals surface area contributed by atoms with Crippen LogP contribution in [-0.2, 0) is 10.8 Å². The standard InChI is InChI=1S/C64H48N2Si/c1-63(2)52-26-11-8-22-46(52)48-35-32-43(38-57(48)63)66-58-30-14-10-24-49(58)50-36-33-44(39-59(50)66)65(42-20-6-5-7-21-42)45-34-37-55-61(40-45)67(3,4)60-31-15-13-28-54(60)64(55)53-27-12-9-23-47(53)51-25-16-18-41-19-17-29-56(64)62(41)51/h5-40H,1-4H3. The Balaban J connectivity index is 1.01. The number of para-hydroxylation sites is 2. The van der Waals surface area contributed by atoms with Crippen molar-refractivity contribution in [1.82, 2.24) is 4.57 Å². The van der Waals surface area contributed by atoms with E-state index in [9.17, 15) is 0 Å². The molecule has 3 heteroatoms. The number of hydrogen-bond donors (Lipinski definition) is 0. The fourth-order valence-electron chi connectivity index (χ4n) is 13.0. The maximum Gasteiger partial charge on any atom is 0.113 e. The van der Waals surface area contributed by atoms with E-state index < -0.39 is 13.5 Å². The van der Waals surface area contributed by atoms with Gasteiger partial charge in [-0.3, -0.25) is 0 Å². The minimum Gasteiger partial charge on any atom is -0.310 e.